The molecular weight excluding hydrogens is 457 g/mol. The zero-order valence-electron chi connectivity index (χ0n) is 16.0. The van der Waals surface area contributed by atoms with E-state index >= 15 is 0 Å². The van der Waals surface area contributed by atoms with Crippen molar-refractivity contribution in [1.82, 2.24) is 10.6 Å². The minimum atomic E-state index is 0. The van der Waals surface area contributed by atoms with Gasteiger partial charge in [0.1, 0.15) is 0 Å². The van der Waals surface area contributed by atoms with Gasteiger partial charge in [0.2, 0.25) is 0 Å². The van der Waals surface area contributed by atoms with Gasteiger partial charge in [0.25, 0.3) is 0 Å². The monoisotopic (exact) mass is 485 g/mol. The van der Waals surface area contributed by atoms with Crippen molar-refractivity contribution in [3.63, 3.8) is 0 Å². The number of nitrogens with one attached hydrogen (secondary N) is 2. The quantitative estimate of drug-likeness (QED) is 0.247. The second-order valence-corrected chi connectivity index (χ2v) is 5.58. The van der Waals surface area contributed by atoms with Crippen molar-refractivity contribution >= 4 is 29.9 Å². The molecule has 0 radical (unpaired) electrons. The summed E-state index contributed by atoms with van der Waals surface area (Å²) in [6.45, 7) is 2.52. The van der Waals surface area contributed by atoms with Gasteiger partial charge in [-0.3, -0.25) is 4.99 Å². The van der Waals surface area contributed by atoms with Crippen LogP contribution in [0.5, 0.6) is 11.5 Å². The number of rotatable bonds is 9. The molecule has 0 amide bonds. The fraction of sp³-hybridized carbons (Fsp3) is 0.350. The van der Waals surface area contributed by atoms with Crippen LogP contribution in [0.15, 0.2) is 53.5 Å². The smallest absolute Gasteiger partial charge is 0.191 e. The maximum Gasteiger partial charge on any atom is 0.191 e. The molecule has 0 atom stereocenters. The summed E-state index contributed by atoms with van der Waals surface area (Å²) in [5, 5.41) is 6.51. The van der Waals surface area contributed by atoms with E-state index in [2.05, 4.69) is 27.8 Å². The van der Waals surface area contributed by atoms with Crippen LogP contribution in [0.3, 0.4) is 0 Å². The summed E-state index contributed by atoms with van der Waals surface area (Å²) in [7, 11) is 5.00. The highest BCUT2D eigenvalue weighted by atomic mass is 127. The van der Waals surface area contributed by atoms with E-state index < -0.39 is 0 Å². The molecule has 0 aromatic heterocycles. The zero-order chi connectivity index (χ0) is 18.6. The number of hydrogen-bond donors (Lipinski definition) is 2. The number of nitrogens with zero attached hydrogens (tertiary/aromatic N) is 1. The molecule has 0 aliphatic heterocycles. The van der Waals surface area contributed by atoms with Crippen LogP contribution in [0, 0.1) is 0 Å². The molecule has 0 saturated heterocycles. The Kier molecular flexibility index (Phi) is 11.3. The van der Waals surface area contributed by atoms with Crippen molar-refractivity contribution in [2.75, 3.05) is 34.4 Å². The molecule has 7 heteroatoms. The average molecular weight is 485 g/mol. The van der Waals surface area contributed by atoms with Gasteiger partial charge in [0.05, 0.1) is 27.4 Å². The lowest BCUT2D eigenvalue weighted by atomic mass is 10.2. The van der Waals surface area contributed by atoms with Crippen molar-refractivity contribution in [2.45, 2.75) is 13.2 Å². The molecule has 148 valence electrons. The van der Waals surface area contributed by atoms with Gasteiger partial charge in [-0.2, -0.15) is 0 Å². The van der Waals surface area contributed by atoms with Crippen molar-refractivity contribution in [1.29, 1.82) is 0 Å². The molecule has 0 fully saturated rings. The average Bonchev–Trinajstić information content (AvgIpc) is 2.70. The lowest BCUT2D eigenvalue weighted by Crippen LogP contribution is -2.38. The highest BCUT2D eigenvalue weighted by Gasteiger charge is 2.05. The van der Waals surface area contributed by atoms with Gasteiger partial charge >= 0.3 is 0 Å². The van der Waals surface area contributed by atoms with Crippen molar-refractivity contribution < 1.29 is 14.2 Å². The zero-order valence-corrected chi connectivity index (χ0v) is 18.4. The largest absolute Gasteiger partial charge is 0.493 e. The third kappa shape index (κ3) is 8.04. The third-order valence-corrected chi connectivity index (χ3v) is 3.78. The third-order valence-electron chi connectivity index (χ3n) is 3.78. The first-order chi connectivity index (χ1) is 12.8. The van der Waals surface area contributed by atoms with E-state index in [1.54, 1.807) is 21.3 Å². The Balaban J connectivity index is 0.00000364. The van der Waals surface area contributed by atoms with Gasteiger partial charge in [-0.1, -0.05) is 36.4 Å². The van der Waals surface area contributed by atoms with Crippen molar-refractivity contribution in [3.8, 4) is 11.5 Å². The molecular formula is C20H28IN3O3. The number of halogens is 1. The number of aliphatic imine (C=N–C) groups is 1. The molecule has 0 aliphatic carbocycles. The summed E-state index contributed by atoms with van der Waals surface area (Å²) in [5.74, 6) is 2.15. The summed E-state index contributed by atoms with van der Waals surface area (Å²) in [6, 6.07) is 16.0. The Morgan fingerprint density at radius 1 is 0.926 bits per heavy atom. The van der Waals surface area contributed by atoms with Crippen molar-refractivity contribution in [2.24, 2.45) is 4.99 Å². The SMILES string of the molecule is CN=C(NCCOCc1ccccc1)NCc1ccc(OC)c(OC)c1.I. The fourth-order valence-electron chi connectivity index (χ4n) is 2.40. The predicted molar refractivity (Wildman–Crippen MR) is 119 cm³/mol. The van der Waals surface area contributed by atoms with Crippen LogP contribution in [0.1, 0.15) is 11.1 Å². The highest BCUT2D eigenvalue weighted by molar-refractivity contribution is 14.0. The van der Waals surface area contributed by atoms with Gasteiger partial charge in [-0.25, -0.2) is 0 Å². The molecule has 0 unspecified atom stereocenters. The molecule has 6 nitrogen and oxygen atoms in total. The topological polar surface area (TPSA) is 64.1 Å². The predicted octanol–water partition coefficient (Wildman–Crippen LogP) is 3.20. The Hall–Kier alpha value is -2.00. The first-order valence-corrected chi connectivity index (χ1v) is 8.54. The van der Waals surface area contributed by atoms with Gasteiger partial charge in [0, 0.05) is 20.1 Å². The van der Waals surface area contributed by atoms with Crippen LogP contribution < -0.4 is 20.1 Å². The van der Waals surface area contributed by atoms with Crippen LogP contribution in [-0.4, -0.2) is 40.4 Å². The molecule has 27 heavy (non-hydrogen) atoms. The van der Waals surface area contributed by atoms with Crippen molar-refractivity contribution in [3.05, 3.63) is 59.7 Å². The van der Waals surface area contributed by atoms with E-state index in [0.29, 0.717) is 37.8 Å². The lowest BCUT2D eigenvalue weighted by Gasteiger charge is -2.13. The molecule has 2 aromatic rings. The van der Waals surface area contributed by atoms with Crippen LogP contribution in [0.2, 0.25) is 0 Å². The van der Waals surface area contributed by atoms with E-state index in [9.17, 15) is 0 Å². The van der Waals surface area contributed by atoms with E-state index in [-0.39, 0.29) is 24.0 Å². The molecule has 2 rings (SSSR count). The Morgan fingerprint density at radius 2 is 1.67 bits per heavy atom. The Morgan fingerprint density at radius 3 is 2.33 bits per heavy atom. The minimum absolute atomic E-state index is 0. The highest BCUT2D eigenvalue weighted by Crippen LogP contribution is 2.27. The molecule has 0 heterocycles. The Bertz CT molecular complexity index is 696. The molecule has 0 bridgehead atoms. The maximum atomic E-state index is 5.66. The van der Waals surface area contributed by atoms with Crippen LogP contribution in [0.4, 0.5) is 0 Å². The molecule has 0 aliphatic rings. The van der Waals surface area contributed by atoms with Crippen LogP contribution in [0.25, 0.3) is 0 Å². The summed E-state index contributed by atoms with van der Waals surface area (Å²) < 4.78 is 16.2. The van der Waals surface area contributed by atoms with E-state index in [1.807, 2.05) is 36.4 Å². The first-order valence-electron chi connectivity index (χ1n) is 8.54. The number of guanidine groups is 1. The van der Waals surface area contributed by atoms with Gasteiger partial charge in [0.15, 0.2) is 17.5 Å². The number of hydrogen-bond acceptors (Lipinski definition) is 4. The summed E-state index contributed by atoms with van der Waals surface area (Å²) in [5.41, 5.74) is 2.24. The normalized spacial score (nSPS) is 10.7. The summed E-state index contributed by atoms with van der Waals surface area (Å²) in [4.78, 5) is 4.22. The maximum absolute atomic E-state index is 5.66. The first kappa shape index (κ1) is 23.0. The number of methoxy groups -OCH3 is 2. The summed E-state index contributed by atoms with van der Waals surface area (Å²) >= 11 is 0. The second-order valence-electron chi connectivity index (χ2n) is 5.58. The molecule has 0 saturated carbocycles. The minimum Gasteiger partial charge on any atom is -0.493 e. The van der Waals surface area contributed by atoms with Gasteiger partial charge in [-0.15, -0.1) is 24.0 Å². The lowest BCUT2D eigenvalue weighted by molar-refractivity contribution is 0.125. The van der Waals surface area contributed by atoms with E-state index in [0.717, 1.165) is 11.5 Å². The molecule has 2 N–H and O–H groups in total. The number of ether oxygens (including phenoxy) is 3. The van der Waals surface area contributed by atoms with Gasteiger partial charge < -0.3 is 24.8 Å². The van der Waals surface area contributed by atoms with E-state index in [1.165, 1.54) is 5.56 Å². The van der Waals surface area contributed by atoms with Gasteiger partial charge in [-0.05, 0) is 23.3 Å². The molecule has 2 aromatic carbocycles. The standard InChI is InChI=1S/C20H27N3O3.HI/c1-21-20(22-11-12-26-15-16-7-5-4-6-8-16)23-14-17-9-10-18(24-2)19(13-17)25-3;/h4-10,13H,11-12,14-15H2,1-3H3,(H2,21,22,23);1H. The number of benzene rings is 2. The van der Waals surface area contributed by atoms with Crippen LogP contribution >= 0.6 is 24.0 Å². The summed E-state index contributed by atoms with van der Waals surface area (Å²) in [6.07, 6.45) is 0. The fourth-order valence-corrected chi connectivity index (χ4v) is 2.40. The molecule has 0 spiro atoms. The van der Waals surface area contributed by atoms with Crippen LogP contribution in [-0.2, 0) is 17.9 Å². The Labute approximate surface area is 178 Å². The second kappa shape index (κ2) is 13.2. The van der Waals surface area contributed by atoms with E-state index in [4.69, 9.17) is 14.2 Å².